The summed E-state index contributed by atoms with van der Waals surface area (Å²) in [6.45, 7) is 2.79. The van der Waals surface area contributed by atoms with E-state index < -0.39 is 0 Å². The maximum atomic E-state index is 12.2. The number of hydrogen-bond acceptors (Lipinski definition) is 3. The highest BCUT2D eigenvalue weighted by Crippen LogP contribution is 2.18. The molecule has 2 fully saturated rings. The molecule has 4 heteroatoms. The number of piperidine rings is 2. The molecule has 0 bridgehead atoms. The summed E-state index contributed by atoms with van der Waals surface area (Å²) in [6.07, 6.45) is 5.39. The highest BCUT2D eigenvalue weighted by molar-refractivity contribution is 5.82. The number of amides is 1. The van der Waals surface area contributed by atoms with Crippen molar-refractivity contribution in [2.24, 2.45) is 5.92 Å². The van der Waals surface area contributed by atoms with Crippen LogP contribution in [-0.2, 0) is 4.79 Å². The Bertz CT molecular complexity index is 239. The zero-order valence-corrected chi connectivity index (χ0v) is 9.82. The average Bonchev–Trinajstić information content (AvgIpc) is 2.39. The molecule has 2 aliphatic rings. The molecule has 0 aromatic rings. The molecule has 0 unspecified atom stereocenters. The Hall–Kier alpha value is -0.610. The van der Waals surface area contributed by atoms with E-state index in [1.54, 1.807) is 0 Å². The number of nitrogens with one attached hydrogen (secondary N) is 1. The van der Waals surface area contributed by atoms with Crippen molar-refractivity contribution in [3.8, 4) is 0 Å². The van der Waals surface area contributed by atoms with Crippen molar-refractivity contribution in [2.45, 2.75) is 38.1 Å². The van der Waals surface area contributed by atoms with Gasteiger partial charge in [0.1, 0.15) is 0 Å². The Kier molecular flexibility index (Phi) is 4.18. The van der Waals surface area contributed by atoms with Crippen LogP contribution in [0.1, 0.15) is 32.1 Å². The van der Waals surface area contributed by atoms with E-state index in [9.17, 15) is 4.79 Å². The van der Waals surface area contributed by atoms with E-state index in [2.05, 4.69) is 5.32 Å². The SMILES string of the molecule is O=C([C@@H]1CCCCN1)N1CCC[C@@H](CO)C1. The van der Waals surface area contributed by atoms with Crippen molar-refractivity contribution in [3.63, 3.8) is 0 Å². The predicted octanol–water partition coefficient (Wildman–Crippen LogP) is 0.359. The smallest absolute Gasteiger partial charge is 0.239 e. The standard InChI is InChI=1S/C12H22N2O2/c15-9-10-4-3-7-14(8-10)12(16)11-5-1-2-6-13-11/h10-11,13,15H,1-9H2/t10-,11+/m1/s1. The molecule has 0 aromatic carbocycles. The van der Waals surface area contributed by atoms with Crippen LogP contribution in [0.4, 0.5) is 0 Å². The molecule has 0 aliphatic carbocycles. The van der Waals surface area contributed by atoms with Gasteiger partial charge in [0.15, 0.2) is 0 Å². The number of aliphatic hydroxyl groups is 1. The molecule has 2 heterocycles. The van der Waals surface area contributed by atoms with Gasteiger partial charge in [-0.1, -0.05) is 6.42 Å². The second-order valence-corrected chi connectivity index (χ2v) is 4.98. The Morgan fingerprint density at radius 1 is 1.31 bits per heavy atom. The molecule has 2 aliphatic heterocycles. The first kappa shape index (κ1) is 11.9. The lowest BCUT2D eigenvalue weighted by atomic mass is 9.97. The summed E-state index contributed by atoms with van der Waals surface area (Å²) in [7, 11) is 0. The summed E-state index contributed by atoms with van der Waals surface area (Å²) in [5.74, 6) is 0.541. The minimum absolute atomic E-state index is 0.0335. The largest absolute Gasteiger partial charge is 0.396 e. The van der Waals surface area contributed by atoms with Crippen molar-refractivity contribution in [1.29, 1.82) is 0 Å². The second kappa shape index (κ2) is 5.64. The van der Waals surface area contributed by atoms with Gasteiger partial charge >= 0.3 is 0 Å². The fourth-order valence-electron chi connectivity index (χ4n) is 2.70. The minimum atomic E-state index is 0.0335. The Labute approximate surface area is 97.0 Å². The Morgan fingerprint density at radius 2 is 2.19 bits per heavy atom. The van der Waals surface area contributed by atoms with E-state index in [4.69, 9.17) is 5.11 Å². The molecule has 2 N–H and O–H groups in total. The predicted molar refractivity (Wildman–Crippen MR) is 62.0 cm³/mol. The van der Waals surface area contributed by atoms with Gasteiger partial charge in [-0.25, -0.2) is 0 Å². The van der Waals surface area contributed by atoms with Gasteiger partial charge in [-0.15, -0.1) is 0 Å². The van der Waals surface area contributed by atoms with E-state index in [0.29, 0.717) is 5.92 Å². The Balaban J connectivity index is 1.87. The first-order chi connectivity index (χ1) is 7.81. The Morgan fingerprint density at radius 3 is 2.88 bits per heavy atom. The minimum Gasteiger partial charge on any atom is -0.396 e. The first-order valence-corrected chi connectivity index (χ1v) is 6.44. The lowest BCUT2D eigenvalue weighted by Gasteiger charge is -2.35. The van der Waals surface area contributed by atoms with Gasteiger partial charge < -0.3 is 15.3 Å². The lowest BCUT2D eigenvalue weighted by molar-refractivity contribution is -0.136. The topological polar surface area (TPSA) is 52.6 Å². The molecule has 1 amide bonds. The van der Waals surface area contributed by atoms with Crippen LogP contribution in [0.3, 0.4) is 0 Å². The summed E-state index contributed by atoms with van der Waals surface area (Å²) < 4.78 is 0. The lowest BCUT2D eigenvalue weighted by Crippen LogP contribution is -2.51. The first-order valence-electron chi connectivity index (χ1n) is 6.44. The summed E-state index contributed by atoms with van der Waals surface area (Å²) in [5.41, 5.74) is 0. The van der Waals surface area contributed by atoms with Gasteiger partial charge in [-0.05, 0) is 38.1 Å². The molecule has 92 valence electrons. The third-order valence-corrected chi connectivity index (χ3v) is 3.70. The van der Waals surface area contributed by atoms with Gasteiger partial charge in [0, 0.05) is 19.7 Å². The van der Waals surface area contributed by atoms with Crippen molar-refractivity contribution < 1.29 is 9.90 Å². The number of carbonyl (C=O) groups is 1. The summed E-state index contributed by atoms with van der Waals surface area (Å²) >= 11 is 0. The molecule has 0 aromatic heterocycles. The molecule has 0 spiro atoms. The van der Waals surface area contributed by atoms with Crippen molar-refractivity contribution in [1.82, 2.24) is 10.2 Å². The number of likely N-dealkylation sites (tertiary alicyclic amines) is 1. The maximum absolute atomic E-state index is 12.2. The molecule has 4 nitrogen and oxygen atoms in total. The normalized spacial score (nSPS) is 31.4. The van der Waals surface area contributed by atoms with Crippen LogP contribution in [-0.4, -0.2) is 48.2 Å². The highest BCUT2D eigenvalue weighted by atomic mass is 16.3. The average molecular weight is 226 g/mol. The van der Waals surface area contributed by atoms with Gasteiger partial charge in [-0.2, -0.15) is 0 Å². The van der Waals surface area contributed by atoms with Crippen LogP contribution >= 0.6 is 0 Å². The van der Waals surface area contributed by atoms with E-state index in [1.165, 1.54) is 6.42 Å². The number of carbonyl (C=O) groups excluding carboxylic acids is 1. The second-order valence-electron chi connectivity index (χ2n) is 4.98. The molecule has 16 heavy (non-hydrogen) atoms. The zero-order chi connectivity index (χ0) is 11.4. The van der Waals surface area contributed by atoms with Gasteiger partial charge in [0.05, 0.1) is 6.04 Å². The van der Waals surface area contributed by atoms with E-state index >= 15 is 0 Å². The fourth-order valence-corrected chi connectivity index (χ4v) is 2.70. The molecule has 0 radical (unpaired) electrons. The fraction of sp³-hybridized carbons (Fsp3) is 0.917. The van der Waals surface area contributed by atoms with Crippen molar-refractivity contribution in [2.75, 3.05) is 26.2 Å². The van der Waals surface area contributed by atoms with Crippen LogP contribution in [0.5, 0.6) is 0 Å². The summed E-state index contributed by atoms with van der Waals surface area (Å²) in [6, 6.07) is 0.0335. The molecule has 0 saturated carbocycles. The van der Waals surface area contributed by atoms with Crippen LogP contribution in [0.25, 0.3) is 0 Å². The number of hydrogen-bond donors (Lipinski definition) is 2. The molecular weight excluding hydrogens is 204 g/mol. The third-order valence-electron chi connectivity index (χ3n) is 3.70. The number of nitrogens with zero attached hydrogens (tertiary/aromatic N) is 1. The summed E-state index contributed by atoms with van der Waals surface area (Å²) in [4.78, 5) is 14.1. The van der Waals surface area contributed by atoms with Crippen LogP contribution in [0.15, 0.2) is 0 Å². The number of rotatable bonds is 2. The van der Waals surface area contributed by atoms with E-state index in [0.717, 1.165) is 45.3 Å². The zero-order valence-electron chi connectivity index (χ0n) is 9.82. The van der Waals surface area contributed by atoms with Gasteiger partial charge in [0.2, 0.25) is 5.91 Å². The van der Waals surface area contributed by atoms with Crippen molar-refractivity contribution >= 4 is 5.91 Å². The highest BCUT2D eigenvalue weighted by Gasteiger charge is 2.29. The van der Waals surface area contributed by atoms with Crippen LogP contribution < -0.4 is 5.32 Å². The number of aliphatic hydroxyl groups excluding tert-OH is 1. The quantitative estimate of drug-likeness (QED) is 0.715. The molecule has 2 saturated heterocycles. The van der Waals surface area contributed by atoms with Crippen LogP contribution in [0, 0.1) is 5.92 Å². The van der Waals surface area contributed by atoms with E-state index in [-0.39, 0.29) is 18.6 Å². The van der Waals surface area contributed by atoms with Gasteiger partial charge in [-0.3, -0.25) is 4.79 Å². The maximum Gasteiger partial charge on any atom is 0.239 e. The summed E-state index contributed by atoms with van der Waals surface area (Å²) in [5, 5.41) is 12.4. The van der Waals surface area contributed by atoms with Crippen LogP contribution in [0.2, 0.25) is 0 Å². The van der Waals surface area contributed by atoms with Gasteiger partial charge in [0.25, 0.3) is 0 Å². The monoisotopic (exact) mass is 226 g/mol. The third kappa shape index (κ3) is 2.74. The van der Waals surface area contributed by atoms with E-state index in [1.807, 2.05) is 4.90 Å². The molecular formula is C12H22N2O2. The molecule has 2 atom stereocenters. The van der Waals surface area contributed by atoms with Crippen molar-refractivity contribution in [3.05, 3.63) is 0 Å². The molecule has 2 rings (SSSR count).